The fourth-order valence-electron chi connectivity index (χ4n) is 1.23. The zero-order valence-corrected chi connectivity index (χ0v) is 10.0. The van der Waals surface area contributed by atoms with Crippen molar-refractivity contribution >= 4 is 15.7 Å². The van der Waals surface area contributed by atoms with E-state index in [0.717, 1.165) is 0 Å². The molecule has 0 aliphatic heterocycles. The van der Waals surface area contributed by atoms with E-state index in [0.29, 0.717) is 5.69 Å². The minimum atomic E-state index is -3.82. The molecule has 0 amide bonds. The molecule has 17 heavy (non-hydrogen) atoms. The molecule has 1 aromatic carbocycles. The van der Waals surface area contributed by atoms with Crippen LogP contribution in [0, 0.1) is 11.3 Å². The summed E-state index contributed by atoms with van der Waals surface area (Å²) in [4.78, 5) is -0.144. The number of sulfonamides is 1. The van der Waals surface area contributed by atoms with Crippen LogP contribution in [-0.4, -0.2) is 26.2 Å². The summed E-state index contributed by atoms with van der Waals surface area (Å²) in [5.41, 5.74) is 5.76. The van der Waals surface area contributed by atoms with Gasteiger partial charge in [-0.2, -0.15) is 5.26 Å². The number of nitrogens with zero attached hydrogens (tertiary/aromatic N) is 1. The van der Waals surface area contributed by atoms with Crippen LogP contribution in [0.2, 0.25) is 0 Å². The van der Waals surface area contributed by atoms with Gasteiger partial charge in [-0.15, -0.1) is 0 Å². The normalized spacial score (nSPS) is 13.0. The molecule has 92 valence electrons. The van der Waals surface area contributed by atoms with E-state index in [1.54, 1.807) is 6.07 Å². The zero-order valence-electron chi connectivity index (χ0n) is 9.21. The predicted molar refractivity (Wildman–Crippen MR) is 62.4 cm³/mol. The summed E-state index contributed by atoms with van der Waals surface area (Å²) in [7, 11) is -3.82. The predicted octanol–water partition coefficient (Wildman–Crippen LogP) is -0.200. The van der Waals surface area contributed by atoms with Crippen molar-refractivity contribution in [2.24, 2.45) is 0 Å². The lowest BCUT2D eigenvalue weighted by Gasteiger charge is -2.12. The molecule has 0 radical (unpaired) electrons. The van der Waals surface area contributed by atoms with E-state index in [9.17, 15) is 8.42 Å². The Balaban J connectivity index is 3.21. The highest BCUT2D eigenvalue weighted by atomic mass is 32.2. The first-order chi connectivity index (χ1) is 7.90. The van der Waals surface area contributed by atoms with Gasteiger partial charge in [0.1, 0.15) is 6.07 Å². The van der Waals surface area contributed by atoms with Crippen LogP contribution < -0.4 is 10.5 Å². The highest BCUT2D eigenvalue weighted by molar-refractivity contribution is 7.89. The van der Waals surface area contributed by atoms with E-state index in [2.05, 4.69) is 4.72 Å². The summed E-state index contributed by atoms with van der Waals surface area (Å²) in [5, 5.41) is 17.7. The third kappa shape index (κ3) is 3.17. The third-order valence-corrected chi connectivity index (χ3v) is 3.69. The van der Waals surface area contributed by atoms with Crippen LogP contribution in [0.3, 0.4) is 0 Å². The molecular weight excluding hydrogens is 242 g/mol. The molecule has 4 N–H and O–H groups in total. The van der Waals surface area contributed by atoms with Gasteiger partial charge in [0.05, 0.1) is 17.1 Å². The van der Waals surface area contributed by atoms with E-state index in [1.807, 2.05) is 0 Å². The molecule has 0 saturated carbocycles. The molecule has 0 spiro atoms. The van der Waals surface area contributed by atoms with E-state index in [-0.39, 0.29) is 17.1 Å². The van der Waals surface area contributed by atoms with Crippen molar-refractivity contribution in [3.8, 4) is 6.07 Å². The van der Waals surface area contributed by atoms with Crippen LogP contribution in [0.25, 0.3) is 0 Å². The number of aliphatic hydroxyl groups is 1. The van der Waals surface area contributed by atoms with Crippen molar-refractivity contribution in [3.63, 3.8) is 0 Å². The second kappa shape index (κ2) is 5.14. The van der Waals surface area contributed by atoms with Gasteiger partial charge in [-0.05, 0) is 25.1 Å². The van der Waals surface area contributed by atoms with Crippen molar-refractivity contribution in [3.05, 3.63) is 23.8 Å². The van der Waals surface area contributed by atoms with Gasteiger partial charge in [0.2, 0.25) is 10.0 Å². The van der Waals surface area contributed by atoms with Gasteiger partial charge in [0.15, 0.2) is 0 Å². The summed E-state index contributed by atoms with van der Waals surface area (Å²) in [5.74, 6) is 0. The molecule has 1 atom stereocenters. The molecule has 7 heteroatoms. The lowest BCUT2D eigenvalue weighted by atomic mass is 10.2. The van der Waals surface area contributed by atoms with Crippen molar-refractivity contribution in [2.75, 3.05) is 12.3 Å². The maximum Gasteiger partial charge on any atom is 0.242 e. The van der Waals surface area contributed by atoms with Crippen LogP contribution in [0.4, 0.5) is 5.69 Å². The quantitative estimate of drug-likeness (QED) is 0.644. The molecular formula is C10H13N3O3S. The average molecular weight is 255 g/mol. The number of nitriles is 1. The summed E-state index contributed by atoms with van der Waals surface area (Å²) >= 11 is 0. The number of nitrogens with one attached hydrogen (secondary N) is 1. The Morgan fingerprint density at radius 1 is 1.59 bits per heavy atom. The van der Waals surface area contributed by atoms with Gasteiger partial charge in [-0.1, -0.05) is 0 Å². The van der Waals surface area contributed by atoms with Crippen molar-refractivity contribution in [1.82, 2.24) is 4.72 Å². The van der Waals surface area contributed by atoms with Gasteiger partial charge in [0.25, 0.3) is 0 Å². The molecule has 1 aromatic rings. The Morgan fingerprint density at radius 3 is 2.76 bits per heavy atom. The van der Waals surface area contributed by atoms with Crippen LogP contribution >= 0.6 is 0 Å². The molecule has 0 bridgehead atoms. The number of nitrogen functional groups attached to an aromatic ring is 1. The fraction of sp³-hybridized carbons (Fsp3) is 0.300. The summed E-state index contributed by atoms with van der Waals surface area (Å²) in [6, 6.07) is 5.11. The average Bonchev–Trinajstić information content (AvgIpc) is 2.27. The van der Waals surface area contributed by atoms with Gasteiger partial charge in [-0.3, -0.25) is 0 Å². The maximum absolute atomic E-state index is 11.9. The minimum Gasteiger partial charge on any atom is -0.399 e. The van der Waals surface area contributed by atoms with Crippen molar-refractivity contribution in [2.45, 2.75) is 17.9 Å². The van der Waals surface area contributed by atoms with Crippen molar-refractivity contribution < 1.29 is 13.5 Å². The van der Waals surface area contributed by atoms with Crippen LogP contribution in [0.15, 0.2) is 23.1 Å². The molecule has 0 unspecified atom stereocenters. The number of hydrogen-bond acceptors (Lipinski definition) is 5. The SMILES string of the molecule is C[C@H](CO)NS(=O)(=O)c1ccc(N)cc1C#N. The van der Waals surface area contributed by atoms with Gasteiger partial charge >= 0.3 is 0 Å². The van der Waals surface area contributed by atoms with E-state index in [4.69, 9.17) is 16.1 Å². The molecule has 0 heterocycles. The lowest BCUT2D eigenvalue weighted by Crippen LogP contribution is -2.35. The fourth-order valence-corrected chi connectivity index (χ4v) is 2.61. The van der Waals surface area contributed by atoms with Crippen molar-refractivity contribution in [1.29, 1.82) is 5.26 Å². The molecule has 0 aliphatic rings. The topological polar surface area (TPSA) is 116 Å². The Hall–Kier alpha value is -1.62. The smallest absolute Gasteiger partial charge is 0.242 e. The monoisotopic (exact) mass is 255 g/mol. The first-order valence-corrected chi connectivity index (χ1v) is 6.32. The second-order valence-corrected chi connectivity index (χ2v) is 5.25. The Labute approximate surface area is 99.7 Å². The number of rotatable bonds is 4. The molecule has 0 aliphatic carbocycles. The van der Waals surface area contributed by atoms with Crippen LogP contribution in [0.5, 0.6) is 0 Å². The van der Waals surface area contributed by atoms with E-state index < -0.39 is 16.1 Å². The maximum atomic E-state index is 11.9. The molecule has 0 saturated heterocycles. The third-order valence-electron chi connectivity index (χ3n) is 2.04. The second-order valence-electron chi connectivity index (χ2n) is 3.57. The van der Waals surface area contributed by atoms with E-state index >= 15 is 0 Å². The first-order valence-electron chi connectivity index (χ1n) is 4.83. The molecule has 0 aromatic heterocycles. The Bertz CT molecular complexity index is 548. The zero-order chi connectivity index (χ0) is 13.1. The number of hydrogen-bond donors (Lipinski definition) is 3. The molecule has 0 fully saturated rings. The minimum absolute atomic E-state index is 0.0253. The summed E-state index contributed by atoms with van der Waals surface area (Å²) < 4.78 is 26.0. The standard InChI is InChI=1S/C10H13N3O3S/c1-7(6-14)13-17(15,16)10-3-2-9(12)4-8(10)5-11/h2-4,7,13-14H,6,12H2,1H3/t7-/m1/s1. The van der Waals surface area contributed by atoms with Gasteiger partial charge in [0, 0.05) is 11.7 Å². The largest absolute Gasteiger partial charge is 0.399 e. The Kier molecular flexibility index (Phi) is 4.07. The Morgan fingerprint density at radius 2 is 2.24 bits per heavy atom. The van der Waals surface area contributed by atoms with Gasteiger partial charge in [-0.25, -0.2) is 13.1 Å². The summed E-state index contributed by atoms with van der Waals surface area (Å²) in [6.07, 6.45) is 0. The molecule has 6 nitrogen and oxygen atoms in total. The highest BCUT2D eigenvalue weighted by Crippen LogP contribution is 2.18. The number of aliphatic hydroxyl groups excluding tert-OH is 1. The van der Waals surface area contributed by atoms with Crippen LogP contribution in [-0.2, 0) is 10.0 Å². The highest BCUT2D eigenvalue weighted by Gasteiger charge is 2.20. The van der Waals surface area contributed by atoms with E-state index in [1.165, 1.54) is 25.1 Å². The number of anilines is 1. The lowest BCUT2D eigenvalue weighted by molar-refractivity contribution is 0.265. The first kappa shape index (κ1) is 13.4. The van der Waals surface area contributed by atoms with Crippen LogP contribution in [0.1, 0.15) is 12.5 Å². The van der Waals surface area contributed by atoms with Gasteiger partial charge < -0.3 is 10.8 Å². The number of benzene rings is 1. The summed E-state index contributed by atoms with van der Waals surface area (Å²) in [6.45, 7) is 1.19. The number of nitrogens with two attached hydrogens (primary N) is 1. The molecule has 1 rings (SSSR count).